The molecule has 10 heteroatoms. The van der Waals surface area contributed by atoms with Gasteiger partial charge in [-0.3, -0.25) is 0 Å². The van der Waals surface area contributed by atoms with Gasteiger partial charge in [-0.25, -0.2) is 9.97 Å². The highest BCUT2D eigenvalue weighted by molar-refractivity contribution is 6.33. The van der Waals surface area contributed by atoms with Crippen LogP contribution in [-0.4, -0.2) is 51.8 Å². The van der Waals surface area contributed by atoms with Crippen molar-refractivity contribution in [2.75, 3.05) is 36.0 Å². The van der Waals surface area contributed by atoms with E-state index in [1.807, 2.05) is 52.8 Å². The van der Waals surface area contributed by atoms with E-state index in [9.17, 15) is 18.3 Å². The zero-order chi connectivity index (χ0) is 24.7. The number of hydrogen-bond acceptors (Lipinski definition) is 5. The zero-order valence-corrected chi connectivity index (χ0v) is 19.6. The van der Waals surface area contributed by atoms with Gasteiger partial charge < -0.3 is 19.3 Å². The molecule has 0 radical (unpaired) electrons. The van der Waals surface area contributed by atoms with Gasteiger partial charge in [-0.05, 0) is 43.3 Å². The average Bonchev–Trinajstić information content (AvgIpc) is 3.20. The first kappa shape index (κ1) is 23.4. The number of alkyl halides is 3. The average molecular weight is 502 g/mol. The van der Waals surface area contributed by atoms with Crippen molar-refractivity contribution in [2.45, 2.75) is 19.2 Å². The fraction of sp³-hybridized carbons (Fsp3) is 0.280. The van der Waals surface area contributed by atoms with E-state index in [0.29, 0.717) is 37.0 Å². The number of piperazine rings is 1. The number of pyridine rings is 2. The van der Waals surface area contributed by atoms with Gasteiger partial charge in [0.1, 0.15) is 11.5 Å². The lowest BCUT2D eigenvalue weighted by Crippen LogP contribution is -2.46. The molecular formula is C25H23ClF3N5O. The molecule has 0 aliphatic carbocycles. The van der Waals surface area contributed by atoms with Gasteiger partial charge in [-0.15, -0.1) is 0 Å². The number of benzene rings is 1. The Morgan fingerprint density at radius 2 is 1.74 bits per heavy atom. The van der Waals surface area contributed by atoms with E-state index in [2.05, 4.69) is 16.0 Å². The first-order chi connectivity index (χ1) is 16.7. The molecule has 182 valence electrons. The number of fused-ring (bicyclic) bond motifs is 1. The third-order valence-corrected chi connectivity index (χ3v) is 6.67. The summed E-state index contributed by atoms with van der Waals surface area (Å²) in [4.78, 5) is 13.2. The first-order valence-corrected chi connectivity index (χ1v) is 11.5. The molecule has 0 amide bonds. The summed E-state index contributed by atoms with van der Waals surface area (Å²) in [6.07, 6.45) is -4.18. The smallest absolute Gasteiger partial charge is 0.379 e. The standard InChI is InChI=1S/C25H23ClF3N5O/c1-16-23(31-22-4-2-3-9-34(16)22)19-14-18(6-7-20(19)26)32-10-12-33(13-11-32)21-8-5-17(15-30-21)24(35)25(27,28)29/h2-9,14-15,24,35H,10-13H2,1H3. The Labute approximate surface area is 205 Å². The zero-order valence-electron chi connectivity index (χ0n) is 18.9. The Morgan fingerprint density at radius 3 is 2.40 bits per heavy atom. The maximum Gasteiger partial charge on any atom is 0.418 e. The van der Waals surface area contributed by atoms with Crippen LogP contribution in [0, 0.1) is 6.92 Å². The van der Waals surface area contributed by atoms with E-state index in [1.165, 1.54) is 12.1 Å². The number of aliphatic hydroxyl groups is 1. The van der Waals surface area contributed by atoms with Gasteiger partial charge in [-0.2, -0.15) is 13.2 Å². The largest absolute Gasteiger partial charge is 0.418 e. The van der Waals surface area contributed by atoms with Gasteiger partial charge in [0, 0.05) is 61.1 Å². The molecular weight excluding hydrogens is 479 g/mol. The summed E-state index contributed by atoms with van der Waals surface area (Å²) in [7, 11) is 0. The predicted octanol–water partition coefficient (Wildman–Crippen LogP) is 5.28. The number of hydrogen-bond donors (Lipinski definition) is 1. The van der Waals surface area contributed by atoms with Crippen LogP contribution in [0.3, 0.4) is 0 Å². The minimum atomic E-state index is -4.71. The van der Waals surface area contributed by atoms with Gasteiger partial charge in [0.25, 0.3) is 0 Å². The summed E-state index contributed by atoms with van der Waals surface area (Å²) < 4.78 is 40.2. The van der Waals surface area contributed by atoms with Crippen LogP contribution in [-0.2, 0) is 0 Å². The van der Waals surface area contributed by atoms with Gasteiger partial charge in [-0.1, -0.05) is 23.7 Å². The van der Waals surface area contributed by atoms with Crippen LogP contribution in [0.1, 0.15) is 17.4 Å². The predicted molar refractivity (Wildman–Crippen MR) is 130 cm³/mol. The molecule has 1 unspecified atom stereocenters. The molecule has 5 rings (SSSR count). The Balaban J connectivity index is 1.31. The molecule has 1 saturated heterocycles. The summed E-state index contributed by atoms with van der Waals surface area (Å²) in [5, 5.41) is 10.0. The molecule has 1 aliphatic rings. The van der Waals surface area contributed by atoms with Crippen LogP contribution in [0.25, 0.3) is 16.9 Å². The highest BCUT2D eigenvalue weighted by Gasteiger charge is 2.39. The molecule has 4 aromatic rings. The second-order valence-electron chi connectivity index (χ2n) is 8.51. The van der Waals surface area contributed by atoms with Crippen molar-refractivity contribution in [2.24, 2.45) is 0 Å². The van der Waals surface area contributed by atoms with Crippen molar-refractivity contribution in [3.8, 4) is 11.3 Å². The summed E-state index contributed by atoms with van der Waals surface area (Å²) in [6, 6.07) is 14.6. The van der Waals surface area contributed by atoms with Crippen molar-refractivity contribution >= 4 is 28.8 Å². The number of aryl methyl sites for hydroxylation is 1. The molecule has 0 saturated carbocycles. The number of rotatable bonds is 4. The number of imidazole rings is 1. The topological polar surface area (TPSA) is 56.9 Å². The van der Waals surface area contributed by atoms with Crippen LogP contribution in [0.5, 0.6) is 0 Å². The van der Waals surface area contributed by atoms with E-state index >= 15 is 0 Å². The van der Waals surface area contributed by atoms with Crippen LogP contribution >= 0.6 is 11.6 Å². The molecule has 1 aliphatic heterocycles. The van der Waals surface area contributed by atoms with E-state index in [1.54, 1.807) is 0 Å². The van der Waals surface area contributed by atoms with E-state index < -0.39 is 12.3 Å². The minimum Gasteiger partial charge on any atom is -0.379 e. The van der Waals surface area contributed by atoms with Crippen LogP contribution in [0.15, 0.2) is 60.9 Å². The van der Waals surface area contributed by atoms with Crippen molar-refractivity contribution in [3.63, 3.8) is 0 Å². The molecule has 3 aromatic heterocycles. The van der Waals surface area contributed by atoms with E-state index in [4.69, 9.17) is 16.6 Å². The fourth-order valence-corrected chi connectivity index (χ4v) is 4.60. The Morgan fingerprint density at radius 1 is 1.00 bits per heavy atom. The third kappa shape index (κ3) is 4.53. The quantitative estimate of drug-likeness (QED) is 0.412. The van der Waals surface area contributed by atoms with Gasteiger partial charge >= 0.3 is 6.18 Å². The highest BCUT2D eigenvalue weighted by atomic mass is 35.5. The normalized spacial score (nSPS) is 15.6. The van der Waals surface area contributed by atoms with Gasteiger partial charge in [0.2, 0.25) is 0 Å². The molecule has 35 heavy (non-hydrogen) atoms. The van der Waals surface area contributed by atoms with Crippen molar-refractivity contribution < 1.29 is 18.3 Å². The number of anilines is 2. The Hall–Kier alpha value is -3.30. The number of halogens is 4. The molecule has 1 atom stereocenters. The van der Waals surface area contributed by atoms with Crippen molar-refractivity contribution in [3.05, 3.63) is 77.2 Å². The second kappa shape index (κ2) is 9.05. The molecule has 0 spiro atoms. The van der Waals surface area contributed by atoms with Gasteiger partial charge in [0.05, 0.1) is 10.7 Å². The lowest BCUT2D eigenvalue weighted by atomic mass is 10.1. The minimum absolute atomic E-state index is 0.268. The third-order valence-electron chi connectivity index (χ3n) is 6.34. The second-order valence-corrected chi connectivity index (χ2v) is 8.91. The lowest BCUT2D eigenvalue weighted by molar-refractivity contribution is -0.206. The number of aliphatic hydroxyl groups excluding tert-OH is 1. The number of nitrogens with zero attached hydrogens (tertiary/aromatic N) is 5. The SMILES string of the molecule is Cc1c(-c2cc(N3CCN(c4ccc(C(O)C(F)(F)F)cn4)CC3)ccc2Cl)nc2ccccn12. The molecule has 0 bridgehead atoms. The lowest BCUT2D eigenvalue weighted by Gasteiger charge is -2.37. The number of aromatic nitrogens is 3. The van der Waals surface area contributed by atoms with Gasteiger partial charge in [0.15, 0.2) is 6.10 Å². The molecule has 6 nitrogen and oxygen atoms in total. The summed E-state index contributed by atoms with van der Waals surface area (Å²) >= 11 is 6.56. The molecule has 1 aromatic carbocycles. The summed E-state index contributed by atoms with van der Waals surface area (Å²) in [5.41, 5.74) is 4.33. The fourth-order valence-electron chi connectivity index (χ4n) is 4.39. The maximum atomic E-state index is 12.7. The Kier molecular flexibility index (Phi) is 6.06. The Bertz CT molecular complexity index is 1350. The summed E-state index contributed by atoms with van der Waals surface area (Å²) in [6.45, 7) is 4.74. The highest BCUT2D eigenvalue weighted by Crippen LogP contribution is 2.35. The molecule has 1 fully saturated rings. The molecule has 1 N–H and O–H groups in total. The monoisotopic (exact) mass is 501 g/mol. The van der Waals surface area contributed by atoms with Crippen LogP contribution < -0.4 is 9.80 Å². The van der Waals surface area contributed by atoms with Crippen LogP contribution in [0.4, 0.5) is 24.7 Å². The van der Waals surface area contributed by atoms with E-state index in [-0.39, 0.29) is 5.56 Å². The summed E-state index contributed by atoms with van der Waals surface area (Å²) in [5.74, 6) is 0.583. The maximum absolute atomic E-state index is 12.7. The van der Waals surface area contributed by atoms with Crippen molar-refractivity contribution in [1.82, 2.24) is 14.4 Å². The molecule has 4 heterocycles. The van der Waals surface area contributed by atoms with Crippen molar-refractivity contribution in [1.29, 1.82) is 0 Å². The van der Waals surface area contributed by atoms with Crippen LogP contribution in [0.2, 0.25) is 5.02 Å². The van der Waals surface area contributed by atoms with E-state index in [0.717, 1.165) is 34.5 Å². The first-order valence-electron chi connectivity index (χ1n) is 11.2.